The molecule has 1 aliphatic heterocycles. The maximum absolute atomic E-state index is 12.0. The van der Waals surface area contributed by atoms with Gasteiger partial charge in [-0.1, -0.05) is 18.2 Å². The summed E-state index contributed by atoms with van der Waals surface area (Å²) in [5, 5.41) is 17.1. The maximum Gasteiger partial charge on any atom is 0.338 e. The number of carbonyl (C=O) groups is 2. The SMILES string of the molecule is COC(=O)c1ccccc1-c1cc(N2CCN(CC(=O)O)CC2)c(N)nn1. The highest BCUT2D eigenvalue weighted by atomic mass is 16.5. The third kappa shape index (κ3) is 4.14. The van der Waals surface area contributed by atoms with Crippen molar-refractivity contribution in [3.8, 4) is 11.3 Å². The number of benzene rings is 1. The van der Waals surface area contributed by atoms with Gasteiger partial charge in [0.25, 0.3) is 0 Å². The first-order valence-electron chi connectivity index (χ1n) is 8.49. The minimum Gasteiger partial charge on any atom is -0.480 e. The number of aliphatic carboxylic acids is 1. The average molecular weight is 371 g/mol. The van der Waals surface area contributed by atoms with Gasteiger partial charge in [-0.15, -0.1) is 10.2 Å². The Morgan fingerprint density at radius 3 is 2.56 bits per heavy atom. The number of hydrogen-bond donors (Lipinski definition) is 2. The molecule has 0 bridgehead atoms. The molecule has 1 aromatic heterocycles. The van der Waals surface area contributed by atoms with Crippen LogP contribution in [0.5, 0.6) is 0 Å². The van der Waals surface area contributed by atoms with Crippen molar-refractivity contribution in [1.82, 2.24) is 15.1 Å². The highest BCUT2D eigenvalue weighted by molar-refractivity contribution is 5.97. The number of carboxylic acids is 1. The molecule has 0 radical (unpaired) electrons. The van der Waals surface area contributed by atoms with Gasteiger partial charge in [-0.3, -0.25) is 9.69 Å². The number of ether oxygens (including phenoxy) is 1. The van der Waals surface area contributed by atoms with Crippen molar-refractivity contribution < 1.29 is 19.4 Å². The van der Waals surface area contributed by atoms with Crippen LogP contribution >= 0.6 is 0 Å². The largest absolute Gasteiger partial charge is 0.480 e. The van der Waals surface area contributed by atoms with Gasteiger partial charge in [-0.25, -0.2) is 4.79 Å². The Hall–Kier alpha value is -3.20. The van der Waals surface area contributed by atoms with E-state index < -0.39 is 11.9 Å². The van der Waals surface area contributed by atoms with Crippen LogP contribution < -0.4 is 10.6 Å². The number of esters is 1. The molecule has 1 aliphatic rings. The molecule has 0 unspecified atom stereocenters. The van der Waals surface area contributed by atoms with E-state index in [2.05, 4.69) is 10.2 Å². The molecule has 0 spiro atoms. The summed E-state index contributed by atoms with van der Waals surface area (Å²) in [6, 6.07) is 8.81. The summed E-state index contributed by atoms with van der Waals surface area (Å²) in [4.78, 5) is 26.8. The second kappa shape index (κ2) is 8.00. The van der Waals surface area contributed by atoms with Gasteiger partial charge in [0.05, 0.1) is 30.6 Å². The van der Waals surface area contributed by atoms with Gasteiger partial charge < -0.3 is 20.5 Å². The normalized spacial score (nSPS) is 14.8. The Balaban J connectivity index is 1.86. The predicted octanol–water partition coefficient (Wildman–Crippen LogP) is 0.719. The number of carboxylic acid groups (broad SMARTS) is 1. The molecule has 0 atom stereocenters. The van der Waals surface area contributed by atoms with Crippen LogP contribution in [0.2, 0.25) is 0 Å². The van der Waals surface area contributed by atoms with Gasteiger partial charge in [0.15, 0.2) is 5.82 Å². The molecule has 2 heterocycles. The summed E-state index contributed by atoms with van der Waals surface area (Å²) in [5.74, 6) is -0.996. The molecule has 27 heavy (non-hydrogen) atoms. The van der Waals surface area contributed by atoms with E-state index in [9.17, 15) is 9.59 Å². The summed E-state index contributed by atoms with van der Waals surface area (Å²) in [7, 11) is 1.33. The first kappa shape index (κ1) is 18.6. The second-order valence-electron chi connectivity index (χ2n) is 6.19. The number of carbonyl (C=O) groups excluding carboxylic acids is 1. The number of piperazine rings is 1. The summed E-state index contributed by atoms with van der Waals surface area (Å²) in [5.41, 5.74) is 8.27. The number of methoxy groups -OCH3 is 1. The molecule has 142 valence electrons. The van der Waals surface area contributed by atoms with Crippen molar-refractivity contribution in [3.63, 3.8) is 0 Å². The number of anilines is 2. The van der Waals surface area contributed by atoms with Crippen LogP contribution in [0, 0.1) is 0 Å². The number of aromatic nitrogens is 2. The van der Waals surface area contributed by atoms with Crippen molar-refractivity contribution >= 4 is 23.4 Å². The van der Waals surface area contributed by atoms with Crippen molar-refractivity contribution in [2.75, 3.05) is 50.5 Å². The van der Waals surface area contributed by atoms with Gasteiger partial charge in [0.2, 0.25) is 0 Å². The van der Waals surface area contributed by atoms with Crippen molar-refractivity contribution in [1.29, 1.82) is 0 Å². The molecule has 0 saturated carbocycles. The molecule has 1 aromatic carbocycles. The van der Waals surface area contributed by atoms with Crippen LogP contribution in [0.1, 0.15) is 10.4 Å². The van der Waals surface area contributed by atoms with Gasteiger partial charge in [-0.2, -0.15) is 0 Å². The lowest BCUT2D eigenvalue weighted by Crippen LogP contribution is -2.48. The third-order valence-electron chi connectivity index (χ3n) is 4.48. The Labute approximate surface area is 156 Å². The molecular formula is C18H21N5O4. The Kier molecular flexibility index (Phi) is 5.51. The lowest BCUT2D eigenvalue weighted by Gasteiger charge is -2.35. The van der Waals surface area contributed by atoms with E-state index in [1.807, 2.05) is 15.9 Å². The van der Waals surface area contributed by atoms with Crippen molar-refractivity contribution in [2.45, 2.75) is 0 Å². The number of rotatable bonds is 5. The highest BCUT2D eigenvalue weighted by Crippen LogP contribution is 2.29. The fraction of sp³-hybridized carbons (Fsp3) is 0.333. The number of nitrogen functional groups attached to an aromatic ring is 1. The predicted molar refractivity (Wildman–Crippen MR) is 99.5 cm³/mol. The highest BCUT2D eigenvalue weighted by Gasteiger charge is 2.22. The van der Waals surface area contributed by atoms with E-state index in [1.54, 1.807) is 24.3 Å². The zero-order valence-electron chi connectivity index (χ0n) is 15.0. The summed E-state index contributed by atoms with van der Waals surface area (Å²) >= 11 is 0. The van der Waals surface area contributed by atoms with Crippen molar-refractivity contribution in [2.24, 2.45) is 0 Å². The molecule has 0 amide bonds. The molecule has 1 fully saturated rings. The van der Waals surface area contributed by atoms with E-state index in [-0.39, 0.29) is 6.54 Å². The topological polar surface area (TPSA) is 122 Å². The van der Waals surface area contributed by atoms with Crippen LogP contribution in [-0.2, 0) is 9.53 Å². The van der Waals surface area contributed by atoms with Crippen LogP contribution in [0.4, 0.5) is 11.5 Å². The summed E-state index contributed by atoms with van der Waals surface area (Å²) < 4.78 is 4.84. The molecule has 2 aromatic rings. The number of nitrogens with two attached hydrogens (primary N) is 1. The molecule has 0 aliphatic carbocycles. The molecule has 9 heteroatoms. The van der Waals surface area contributed by atoms with Crippen LogP contribution in [-0.4, -0.2) is 72.0 Å². The molecule has 3 rings (SSSR count). The van der Waals surface area contributed by atoms with E-state index in [4.69, 9.17) is 15.6 Å². The third-order valence-corrected chi connectivity index (χ3v) is 4.48. The Morgan fingerprint density at radius 2 is 1.89 bits per heavy atom. The van der Waals surface area contributed by atoms with Gasteiger partial charge in [0, 0.05) is 31.7 Å². The maximum atomic E-state index is 12.0. The van der Waals surface area contributed by atoms with Crippen molar-refractivity contribution in [3.05, 3.63) is 35.9 Å². The van der Waals surface area contributed by atoms with E-state index in [0.717, 1.165) is 5.69 Å². The van der Waals surface area contributed by atoms with Crippen LogP contribution in [0.25, 0.3) is 11.3 Å². The first-order valence-corrected chi connectivity index (χ1v) is 8.49. The number of nitrogens with zero attached hydrogens (tertiary/aromatic N) is 4. The van der Waals surface area contributed by atoms with Gasteiger partial charge >= 0.3 is 11.9 Å². The second-order valence-corrected chi connectivity index (χ2v) is 6.19. The van der Waals surface area contributed by atoms with E-state index >= 15 is 0 Å². The minimum atomic E-state index is -0.838. The quantitative estimate of drug-likeness (QED) is 0.732. The molecular weight excluding hydrogens is 350 g/mol. The van der Waals surface area contributed by atoms with Crippen LogP contribution in [0.15, 0.2) is 30.3 Å². The first-order chi connectivity index (χ1) is 13.0. The minimum absolute atomic E-state index is 0.0235. The molecule has 1 saturated heterocycles. The number of hydrogen-bond acceptors (Lipinski definition) is 8. The van der Waals surface area contributed by atoms with E-state index in [0.29, 0.717) is 48.8 Å². The standard InChI is InChI=1S/C18H21N5O4/c1-27-18(26)13-5-3-2-4-12(13)14-10-15(17(19)21-20-14)23-8-6-22(7-9-23)11-16(24)25/h2-5,10H,6-9,11H2,1H3,(H2,19,21)(H,24,25). The van der Waals surface area contributed by atoms with E-state index in [1.165, 1.54) is 7.11 Å². The van der Waals surface area contributed by atoms with Gasteiger partial charge in [0.1, 0.15) is 0 Å². The fourth-order valence-electron chi connectivity index (χ4n) is 3.11. The Morgan fingerprint density at radius 1 is 1.19 bits per heavy atom. The lowest BCUT2D eigenvalue weighted by molar-refractivity contribution is -0.138. The van der Waals surface area contributed by atoms with Crippen LogP contribution in [0.3, 0.4) is 0 Å². The lowest BCUT2D eigenvalue weighted by atomic mass is 10.0. The summed E-state index contributed by atoms with van der Waals surface area (Å²) in [6.07, 6.45) is 0. The molecule has 3 N–H and O–H groups in total. The average Bonchev–Trinajstić information content (AvgIpc) is 2.68. The fourth-order valence-corrected chi connectivity index (χ4v) is 3.11. The van der Waals surface area contributed by atoms with Gasteiger partial charge in [-0.05, 0) is 12.1 Å². The Bertz CT molecular complexity index is 849. The zero-order chi connectivity index (χ0) is 19.4. The molecule has 9 nitrogen and oxygen atoms in total. The smallest absolute Gasteiger partial charge is 0.338 e. The monoisotopic (exact) mass is 371 g/mol. The zero-order valence-corrected chi connectivity index (χ0v) is 15.0. The summed E-state index contributed by atoms with van der Waals surface area (Å²) in [6.45, 7) is 2.50.